The van der Waals surface area contributed by atoms with Crippen LogP contribution in [0.4, 0.5) is 0 Å². The van der Waals surface area contributed by atoms with Gasteiger partial charge in [-0.2, -0.15) is 0 Å². The van der Waals surface area contributed by atoms with Gasteiger partial charge in [0.1, 0.15) is 6.61 Å². The van der Waals surface area contributed by atoms with E-state index in [1.807, 2.05) is 0 Å². The minimum absolute atomic E-state index is 0.0494. The molecule has 0 saturated heterocycles. The third-order valence-electron chi connectivity index (χ3n) is 9.19. The Kier molecular flexibility index (Phi) is 40.1. The van der Waals surface area contributed by atoms with E-state index in [-0.39, 0.29) is 32.6 Å². The maximum atomic E-state index is 12.6. The first-order valence-electron chi connectivity index (χ1n) is 22.1. The second kappa shape index (κ2) is 41.6. The Hall–Kier alpha value is -2.03. The van der Waals surface area contributed by atoms with E-state index in [1.54, 1.807) is 0 Å². The van der Waals surface area contributed by atoms with Crippen LogP contribution >= 0.6 is 7.82 Å². The van der Waals surface area contributed by atoms with E-state index in [0.29, 0.717) is 6.42 Å². The highest BCUT2D eigenvalue weighted by Gasteiger charge is 2.26. The highest BCUT2D eigenvalue weighted by Crippen LogP contribution is 2.43. The number of unbranched alkanes of at least 4 members (excludes halogenated alkanes) is 20. The molecule has 0 amide bonds. The molecule has 0 radical (unpaired) electrons. The van der Waals surface area contributed by atoms with Crippen molar-refractivity contribution in [1.29, 1.82) is 0 Å². The van der Waals surface area contributed by atoms with Crippen molar-refractivity contribution in [2.75, 3.05) is 26.4 Å². The summed E-state index contributed by atoms with van der Waals surface area (Å²) in [6, 6.07) is 0. The Bertz CT molecular complexity index is 1040. The van der Waals surface area contributed by atoms with Gasteiger partial charge >= 0.3 is 19.8 Å². The summed E-state index contributed by atoms with van der Waals surface area (Å²) in [5, 5.41) is 0. The molecule has 320 valence electrons. The van der Waals surface area contributed by atoms with Crippen LogP contribution in [0.2, 0.25) is 0 Å². The first-order valence-corrected chi connectivity index (χ1v) is 23.6. The number of nitrogens with two attached hydrogens (primary N) is 1. The summed E-state index contributed by atoms with van der Waals surface area (Å²) in [5.41, 5.74) is 5.35. The van der Waals surface area contributed by atoms with Crippen LogP contribution in [0.25, 0.3) is 0 Å². The smallest absolute Gasteiger partial charge is 0.462 e. The summed E-state index contributed by atoms with van der Waals surface area (Å²) in [7, 11) is -4.38. The monoisotopic (exact) mass is 796 g/mol. The third-order valence-corrected chi connectivity index (χ3v) is 10.2. The molecule has 1 unspecified atom stereocenters. The maximum absolute atomic E-state index is 12.6. The molecular weight excluding hydrogens is 713 g/mol. The first kappa shape index (κ1) is 53.0. The van der Waals surface area contributed by atoms with E-state index in [1.165, 1.54) is 89.9 Å². The normalized spacial score (nSPS) is 13.7. The predicted molar refractivity (Wildman–Crippen MR) is 229 cm³/mol. The van der Waals surface area contributed by atoms with Crippen LogP contribution in [0.1, 0.15) is 194 Å². The van der Waals surface area contributed by atoms with E-state index in [4.69, 9.17) is 24.3 Å². The van der Waals surface area contributed by atoms with Gasteiger partial charge in [0, 0.05) is 19.4 Å². The fraction of sp³-hybridized carbons (Fsp3) is 0.778. The van der Waals surface area contributed by atoms with Crippen molar-refractivity contribution in [1.82, 2.24) is 0 Å². The molecule has 3 N–H and O–H groups in total. The number of esters is 2. The Morgan fingerprint density at radius 3 is 1.38 bits per heavy atom. The summed E-state index contributed by atoms with van der Waals surface area (Å²) in [6.07, 6.45) is 47.0. The molecule has 0 aromatic carbocycles. The highest BCUT2D eigenvalue weighted by atomic mass is 31.2. The third kappa shape index (κ3) is 41.4. The number of phosphoric ester groups is 1. The van der Waals surface area contributed by atoms with E-state index >= 15 is 0 Å². The Labute approximate surface area is 336 Å². The molecule has 0 fully saturated rings. The standard InChI is InChI=1S/C45H82NO8P/c1-3-5-7-9-11-13-15-17-19-21-23-25-27-29-31-33-35-37-44(47)51-41-43(42-53-55(49,50)52-40-39-46)54-45(48)38-36-34-32-30-28-26-24-22-20-18-16-14-12-10-8-6-4-2/h11-14,17-20,43H,3-10,15-16,21-42,46H2,1-2H3,(H,49,50)/b13-11+,14-12+,19-17+,20-18+/t43-/m1/s1. The van der Waals surface area contributed by atoms with E-state index in [2.05, 4.69) is 62.5 Å². The minimum Gasteiger partial charge on any atom is -0.462 e. The lowest BCUT2D eigenvalue weighted by molar-refractivity contribution is -0.161. The van der Waals surface area contributed by atoms with Crippen molar-refractivity contribution in [2.45, 2.75) is 200 Å². The fourth-order valence-corrected chi connectivity index (χ4v) is 6.64. The van der Waals surface area contributed by atoms with Gasteiger partial charge in [-0.25, -0.2) is 4.57 Å². The molecular formula is C45H82NO8P. The van der Waals surface area contributed by atoms with Gasteiger partial charge in [-0.15, -0.1) is 0 Å². The number of hydrogen-bond acceptors (Lipinski definition) is 8. The molecule has 0 saturated carbocycles. The van der Waals surface area contributed by atoms with Gasteiger partial charge in [-0.1, -0.05) is 152 Å². The number of carbonyl (C=O) groups excluding carboxylic acids is 2. The second-order valence-electron chi connectivity index (χ2n) is 14.6. The Morgan fingerprint density at radius 1 is 0.545 bits per heavy atom. The summed E-state index contributed by atoms with van der Waals surface area (Å²) in [6.45, 7) is 3.67. The zero-order chi connectivity index (χ0) is 40.3. The summed E-state index contributed by atoms with van der Waals surface area (Å²) in [5.74, 6) is -0.847. The summed E-state index contributed by atoms with van der Waals surface area (Å²) >= 11 is 0. The van der Waals surface area contributed by atoms with Crippen molar-refractivity contribution < 1.29 is 37.6 Å². The lowest BCUT2D eigenvalue weighted by Crippen LogP contribution is -2.29. The molecule has 2 atom stereocenters. The Morgan fingerprint density at radius 2 is 0.945 bits per heavy atom. The van der Waals surface area contributed by atoms with Crippen molar-refractivity contribution in [3.8, 4) is 0 Å². The number of phosphoric acid groups is 1. The van der Waals surface area contributed by atoms with E-state index in [9.17, 15) is 19.0 Å². The molecule has 0 aromatic rings. The van der Waals surface area contributed by atoms with Crippen LogP contribution < -0.4 is 5.73 Å². The number of hydrogen-bond donors (Lipinski definition) is 2. The quantitative estimate of drug-likeness (QED) is 0.0268. The number of allylic oxidation sites excluding steroid dienone is 8. The topological polar surface area (TPSA) is 134 Å². The fourth-order valence-electron chi connectivity index (χ4n) is 5.87. The van der Waals surface area contributed by atoms with Crippen molar-refractivity contribution in [2.24, 2.45) is 5.73 Å². The Balaban J connectivity index is 4.17. The molecule has 10 heteroatoms. The summed E-state index contributed by atoms with van der Waals surface area (Å²) < 4.78 is 32.8. The average Bonchev–Trinajstić information content (AvgIpc) is 3.17. The molecule has 0 aliphatic rings. The summed E-state index contributed by atoms with van der Waals surface area (Å²) in [4.78, 5) is 34.9. The molecule has 0 aliphatic carbocycles. The van der Waals surface area contributed by atoms with Gasteiger partial charge in [0.15, 0.2) is 6.10 Å². The van der Waals surface area contributed by atoms with Crippen molar-refractivity contribution in [3.63, 3.8) is 0 Å². The number of carbonyl (C=O) groups is 2. The maximum Gasteiger partial charge on any atom is 0.472 e. The highest BCUT2D eigenvalue weighted by molar-refractivity contribution is 7.47. The first-order chi connectivity index (χ1) is 26.8. The molecule has 0 aromatic heterocycles. The molecule has 9 nitrogen and oxygen atoms in total. The van der Waals surface area contributed by atoms with Gasteiger partial charge in [0.25, 0.3) is 0 Å². The zero-order valence-corrected chi connectivity index (χ0v) is 36.0. The molecule has 0 heterocycles. The van der Waals surface area contributed by atoms with Crippen LogP contribution in [-0.4, -0.2) is 49.3 Å². The SMILES string of the molecule is CCCCC/C=C/C/C=C/CCCCCCCCCC(=O)OC[C@H](COP(=O)(O)OCCN)OC(=O)CCCCCCCCC/C=C/C/C=C/CCCCC. The van der Waals surface area contributed by atoms with Gasteiger partial charge in [-0.05, 0) is 77.0 Å². The van der Waals surface area contributed by atoms with Crippen LogP contribution in [0.15, 0.2) is 48.6 Å². The molecule has 0 bridgehead atoms. The van der Waals surface area contributed by atoms with Gasteiger partial charge < -0.3 is 20.1 Å². The van der Waals surface area contributed by atoms with Gasteiger partial charge in [-0.3, -0.25) is 18.6 Å². The predicted octanol–water partition coefficient (Wildman–Crippen LogP) is 12.7. The minimum atomic E-state index is -4.38. The second-order valence-corrected chi connectivity index (χ2v) is 16.0. The molecule has 0 aliphatic heterocycles. The number of ether oxygens (including phenoxy) is 2. The van der Waals surface area contributed by atoms with Gasteiger partial charge in [0.2, 0.25) is 0 Å². The lowest BCUT2D eigenvalue weighted by Gasteiger charge is -2.19. The van der Waals surface area contributed by atoms with Crippen molar-refractivity contribution in [3.05, 3.63) is 48.6 Å². The van der Waals surface area contributed by atoms with Crippen LogP contribution in [-0.2, 0) is 32.7 Å². The van der Waals surface area contributed by atoms with Crippen LogP contribution in [0, 0.1) is 0 Å². The largest absolute Gasteiger partial charge is 0.472 e. The van der Waals surface area contributed by atoms with Crippen LogP contribution in [0.5, 0.6) is 0 Å². The number of rotatable bonds is 41. The molecule has 55 heavy (non-hydrogen) atoms. The lowest BCUT2D eigenvalue weighted by atomic mass is 10.1. The zero-order valence-electron chi connectivity index (χ0n) is 35.2. The average molecular weight is 796 g/mol. The van der Waals surface area contributed by atoms with E-state index < -0.39 is 32.5 Å². The van der Waals surface area contributed by atoms with Crippen molar-refractivity contribution >= 4 is 19.8 Å². The van der Waals surface area contributed by atoms with Crippen LogP contribution in [0.3, 0.4) is 0 Å². The molecule has 0 spiro atoms. The van der Waals surface area contributed by atoms with E-state index in [0.717, 1.165) is 70.6 Å². The van der Waals surface area contributed by atoms with Gasteiger partial charge in [0.05, 0.1) is 13.2 Å². The molecule has 0 rings (SSSR count).